The molecule has 0 amide bonds. The van der Waals surface area contributed by atoms with Crippen molar-refractivity contribution in [2.45, 2.75) is 6.42 Å². The van der Waals surface area contributed by atoms with Crippen molar-refractivity contribution in [2.24, 2.45) is 0 Å². The average molecular weight is 295 g/mol. The standard InChI is InChI=1S/C13H12Cl2N2.C2H4/c14-12-8(3-1-5-10(12)16)7-9-4-2-6-11(17)13(9)15;1-2/h1-6H,7,16-17H2;1-2H2. The van der Waals surface area contributed by atoms with Crippen LogP contribution >= 0.6 is 23.2 Å². The third kappa shape index (κ3) is 3.66. The molecule has 0 aliphatic rings. The zero-order valence-electron chi connectivity index (χ0n) is 10.5. The van der Waals surface area contributed by atoms with E-state index in [4.69, 9.17) is 34.7 Å². The van der Waals surface area contributed by atoms with Crippen molar-refractivity contribution in [1.29, 1.82) is 0 Å². The van der Waals surface area contributed by atoms with Gasteiger partial charge in [0.05, 0.1) is 21.4 Å². The monoisotopic (exact) mass is 294 g/mol. The maximum Gasteiger partial charge on any atom is 0.0670 e. The van der Waals surface area contributed by atoms with Gasteiger partial charge in [0, 0.05) is 6.42 Å². The minimum absolute atomic E-state index is 0.573. The van der Waals surface area contributed by atoms with Gasteiger partial charge in [-0.1, -0.05) is 47.5 Å². The Morgan fingerprint density at radius 3 is 1.53 bits per heavy atom. The Kier molecular flexibility index (Phi) is 5.74. The third-order valence-corrected chi connectivity index (χ3v) is 3.52. The highest BCUT2D eigenvalue weighted by molar-refractivity contribution is 6.34. The van der Waals surface area contributed by atoms with Crippen LogP contribution in [0.25, 0.3) is 0 Å². The summed E-state index contributed by atoms with van der Waals surface area (Å²) in [7, 11) is 0. The molecule has 0 radical (unpaired) electrons. The minimum atomic E-state index is 0.573. The Morgan fingerprint density at radius 2 is 1.16 bits per heavy atom. The molecular weight excluding hydrogens is 279 g/mol. The van der Waals surface area contributed by atoms with Crippen LogP contribution in [0.1, 0.15) is 11.1 Å². The molecule has 0 aromatic heterocycles. The fourth-order valence-corrected chi connectivity index (χ4v) is 2.06. The molecule has 4 heteroatoms. The van der Waals surface area contributed by atoms with Crippen molar-refractivity contribution in [2.75, 3.05) is 11.5 Å². The molecule has 0 bridgehead atoms. The molecule has 19 heavy (non-hydrogen) atoms. The van der Waals surface area contributed by atoms with Crippen LogP contribution in [0.5, 0.6) is 0 Å². The van der Waals surface area contributed by atoms with Crippen LogP contribution in [0.2, 0.25) is 10.0 Å². The highest BCUT2D eigenvalue weighted by Gasteiger charge is 2.08. The lowest BCUT2D eigenvalue weighted by Crippen LogP contribution is -1.96. The first kappa shape index (κ1) is 15.4. The number of nitrogens with two attached hydrogens (primary N) is 2. The van der Waals surface area contributed by atoms with Crippen LogP contribution < -0.4 is 11.5 Å². The van der Waals surface area contributed by atoms with Crippen molar-refractivity contribution in [3.05, 3.63) is 70.7 Å². The molecule has 2 nitrogen and oxygen atoms in total. The first-order valence-corrected chi connectivity index (χ1v) is 6.41. The SMILES string of the molecule is C=C.Nc1cccc(Cc2cccc(N)c2Cl)c1Cl. The van der Waals surface area contributed by atoms with Gasteiger partial charge in [-0.05, 0) is 23.3 Å². The Labute approximate surface area is 123 Å². The van der Waals surface area contributed by atoms with E-state index >= 15 is 0 Å². The summed E-state index contributed by atoms with van der Waals surface area (Å²) in [6.07, 6.45) is 0.619. The van der Waals surface area contributed by atoms with Crippen molar-refractivity contribution >= 4 is 34.6 Å². The third-order valence-electron chi connectivity index (χ3n) is 2.60. The van der Waals surface area contributed by atoms with Crippen molar-refractivity contribution < 1.29 is 0 Å². The molecule has 2 rings (SSSR count). The fraction of sp³-hybridized carbons (Fsp3) is 0.0667. The molecule has 100 valence electrons. The first-order valence-electron chi connectivity index (χ1n) is 5.65. The number of hydrogen-bond acceptors (Lipinski definition) is 2. The second-order valence-electron chi connectivity index (χ2n) is 3.82. The Balaban J connectivity index is 0.000000861. The molecule has 0 atom stereocenters. The summed E-state index contributed by atoms with van der Waals surface area (Å²) in [6.45, 7) is 6.00. The maximum absolute atomic E-state index is 6.14. The molecule has 2 aromatic carbocycles. The number of halogens is 2. The predicted molar refractivity (Wildman–Crippen MR) is 85.8 cm³/mol. The van der Waals surface area contributed by atoms with Gasteiger partial charge < -0.3 is 11.5 Å². The van der Waals surface area contributed by atoms with Gasteiger partial charge in [-0.2, -0.15) is 0 Å². The predicted octanol–water partition coefficient (Wildman–Crippen LogP) is 4.55. The van der Waals surface area contributed by atoms with Gasteiger partial charge in [0.15, 0.2) is 0 Å². The van der Waals surface area contributed by atoms with Crippen LogP contribution in [0, 0.1) is 0 Å². The van der Waals surface area contributed by atoms with E-state index in [1.807, 2.05) is 24.3 Å². The second kappa shape index (κ2) is 7.07. The van der Waals surface area contributed by atoms with E-state index in [0.717, 1.165) is 11.1 Å². The molecule has 0 saturated carbocycles. The fourth-order valence-electron chi connectivity index (χ4n) is 1.68. The zero-order chi connectivity index (χ0) is 14.4. The molecule has 0 aliphatic heterocycles. The highest BCUT2D eigenvalue weighted by Crippen LogP contribution is 2.29. The number of benzene rings is 2. The van der Waals surface area contributed by atoms with E-state index in [1.54, 1.807) is 12.1 Å². The molecule has 0 saturated heterocycles. The molecule has 0 aliphatic carbocycles. The summed E-state index contributed by atoms with van der Waals surface area (Å²) in [5, 5.41) is 1.15. The van der Waals surface area contributed by atoms with E-state index in [0.29, 0.717) is 27.8 Å². The van der Waals surface area contributed by atoms with E-state index < -0.39 is 0 Å². The second-order valence-corrected chi connectivity index (χ2v) is 4.57. The first-order chi connectivity index (χ1) is 9.09. The quantitative estimate of drug-likeness (QED) is 0.630. The summed E-state index contributed by atoms with van der Waals surface area (Å²) in [5.74, 6) is 0. The number of rotatable bonds is 2. The lowest BCUT2D eigenvalue weighted by molar-refractivity contribution is 1.20. The lowest BCUT2D eigenvalue weighted by atomic mass is 10.0. The number of nitrogen functional groups attached to an aromatic ring is 2. The van der Waals surface area contributed by atoms with Crippen LogP contribution in [-0.2, 0) is 6.42 Å². The topological polar surface area (TPSA) is 52.0 Å². The summed E-state index contributed by atoms with van der Waals surface area (Å²) < 4.78 is 0. The highest BCUT2D eigenvalue weighted by atomic mass is 35.5. The summed E-state index contributed by atoms with van der Waals surface area (Å²) in [4.78, 5) is 0. The molecule has 0 spiro atoms. The number of anilines is 2. The van der Waals surface area contributed by atoms with E-state index in [2.05, 4.69) is 13.2 Å². The van der Waals surface area contributed by atoms with Crippen LogP contribution in [0.15, 0.2) is 49.6 Å². The molecule has 0 unspecified atom stereocenters. The Hall–Kier alpha value is -1.64. The molecule has 0 fully saturated rings. The smallest absolute Gasteiger partial charge is 0.0670 e. The minimum Gasteiger partial charge on any atom is -0.398 e. The van der Waals surface area contributed by atoms with E-state index in [9.17, 15) is 0 Å². The molecule has 0 heterocycles. The van der Waals surface area contributed by atoms with Crippen molar-refractivity contribution in [3.63, 3.8) is 0 Å². The van der Waals surface area contributed by atoms with Crippen molar-refractivity contribution in [3.8, 4) is 0 Å². The van der Waals surface area contributed by atoms with Gasteiger partial charge in [0.25, 0.3) is 0 Å². The largest absolute Gasteiger partial charge is 0.398 e. The summed E-state index contributed by atoms with van der Waals surface area (Å²) in [5.41, 5.74) is 14.5. The Bertz CT molecular complexity index is 519. The van der Waals surface area contributed by atoms with E-state index in [-0.39, 0.29) is 0 Å². The number of hydrogen-bond donors (Lipinski definition) is 2. The molecule has 4 N–H and O–H groups in total. The average Bonchev–Trinajstić information content (AvgIpc) is 2.42. The maximum atomic E-state index is 6.14. The Morgan fingerprint density at radius 1 is 0.789 bits per heavy atom. The van der Waals surface area contributed by atoms with Crippen LogP contribution in [-0.4, -0.2) is 0 Å². The summed E-state index contributed by atoms with van der Waals surface area (Å²) in [6, 6.07) is 11.1. The van der Waals surface area contributed by atoms with Gasteiger partial charge in [-0.3, -0.25) is 0 Å². The van der Waals surface area contributed by atoms with Gasteiger partial charge in [-0.25, -0.2) is 0 Å². The zero-order valence-corrected chi connectivity index (χ0v) is 12.0. The molecular formula is C15H16Cl2N2. The van der Waals surface area contributed by atoms with Gasteiger partial charge in [-0.15, -0.1) is 13.2 Å². The lowest BCUT2D eigenvalue weighted by Gasteiger charge is -2.09. The van der Waals surface area contributed by atoms with Crippen molar-refractivity contribution in [1.82, 2.24) is 0 Å². The van der Waals surface area contributed by atoms with E-state index in [1.165, 1.54) is 0 Å². The van der Waals surface area contributed by atoms with Crippen LogP contribution in [0.4, 0.5) is 11.4 Å². The van der Waals surface area contributed by atoms with Gasteiger partial charge in [0.1, 0.15) is 0 Å². The summed E-state index contributed by atoms with van der Waals surface area (Å²) >= 11 is 12.3. The van der Waals surface area contributed by atoms with Gasteiger partial charge in [0.2, 0.25) is 0 Å². The van der Waals surface area contributed by atoms with Crippen LogP contribution in [0.3, 0.4) is 0 Å². The molecule has 2 aromatic rings. The van der Waals surface area contributed by atoms with Gasteiger partial charge >= 0.3 is 0 Å². The normalized spacial score (nSPS) is 9.58.